The highest BCUT2D eigenvalue weighted by Gasteiger charge is 2.29. The average molecular weight is 401 g/mol. The molecule has 2 aromatic carbocycles. The molecule has 0 bridgehead atoms. The largest absolute Gasteiger partial charge is 0.354 e. The van der Waals surface area contributed by atoms with Crippen molar-refractivity contribution in [1.82, 2.24) is 10.2 Å². The van der Waals surface area contributed by atoms with E-state index in [1.807, 2.05) is 69.3 Å². The molecule has 0 saturated heterocycles. The van der Waals surface area contributed by atoms with Crippen LogP contribution in [-0.2, 0) is 22.6 Å². The van der Waals surface area contributed by atoms with E-state index < -0.39 is 6.04 Å². The first-order valence-electron chi connectivity index (χ1n) is 9.76. The quantitative estimate of drug-likeness (QED) is 0.675. The molecule has 0 unspecified atom stereocenters. The predicted molar refractivity (Wildman–Crippen MR) is 114 cm³/mol. The maximum absolute atomic E-state index is 13.0. The van der Waals surface area contributed by atoms with Crippen LogP contribution >= 0.6 is 11.6 Å². The van der Waals surface area contributed by atoms with Gasteiger partial charge in [-0.1, -0.05) is 74.8 Å². The molecule has 2 amide bonds. The SMILES string of the molecule is CCC(=O)N(Cc1cccc(Cl)c1)[C@H](Cc1ccccc1)C(=O)NCC(C)C. The highest BCUT2D eigenvalue weighted by atomic mass is 35.5. The Balaban J connectivity index is 2.32. The van der Waals surface area contributed by atoms with Gasteiger partial charge < -0.3 is 10.2 Å². The molecule has 0 aliphatic rings. The fourth-order valence-corrected chi connectivity index (χ4v) is 3.22. The maximum atomic E-state index is 13.0. The zero-order valence-corrected chi connectivity index (χ0v) is 17.6. The molecule has 2 aromatic rings. The minimum absolute atomic E-state index is 0.0550. The van der Waals surface area contributed by atoms with E-state index in [1.165, 1.54) is 0 Å². The Hall–Kier alpha value is -2.33. The van der Waals surface area contributed by atoms with Crippen molar-refractivity contribution in [2.45, 2.75) is 46.2 Å². The van der Waals surface area contributed by atoms with Gasteiger partial charge in [0.25, 0.3) is 0 Å². The molecular weight excluding hydrogens is 372 g/mol. The number of nitrogens with one attached hydrogen (secondary N) is 1. The van der Waals surface area contributed by atoms with Crippen molar-refractivity contribution in [1.29, 1.82) is 0 Å². The van der Waals surface area contributed by atoms with Crippen molar-refractivity contribution in [2.24, 2.45) is 5.92 Å². The first-order valence-corrected chi connectivity index (χ1v) is 10.1. The Morgan fingerprint density at radius 2 is 1.71 bits per heavy atom. The van der Waals surface area contributed by atoms with Gasteiger partial charge in [0.2, 0.25) is 11.8 Å². The molecule has 0 radical (unpaired) electrons. The molecule has 0 aliphatic heterocycles. The van der Waals surface area contributed by atoms with Crippen molar-refractivity contribution in [2.75, 3.05) is 6.54 Å². The Morgan fingerprint density at radius 3 is 2.32 bits per heavy atom. The third-order valence-corrected chi connectivity index (χ3v) is 4.74. The molecule has 0 fully saturated rings. The molecule has 0 aliphatic carbocycles. The lowest BCUT2D eigenvalue weighted by atomic mass is 10.0. The first kappa shape index (κ1) is 22.0. The third kappa shape index (κ3) is 6.68. The van der Waals surface area contributed by atoms with E-state index in [2.05, 4.69) is 5.32 Å². The normalized spacial score (nSPS) is 11.9. The van der Waals surface area contributed by atoms with E-state index in [0.717, 1.165) is 11.1 Å². The molecule has 0 aromatic heterocycles. The van der Waals surface area contributed by atoms with Crippen LogP contribution in [0.25, 0.3) is 0 Å². The summed E-state index contributed by atoms with van der Waals surface area (Å²) in [6.45, 7) is 6.84. The molecule has 150 valence electrons. The molecule has 0 saturated carbocycles. The van der Waals surface area contributed by atoms with E-state index in [0.29, 0.717) is 36.9 Å². The van der Waals surface area contributed by atoms with E-state index in [9.17, 15) is 9.59 Å². The molecule has 1 atom stereocenters. The lowest BCUT2D eigenvalue weighted by Gasteiger charge is -2.31. The highest BCUT2D eigenvalue weighted by molar-refractivity contribution is 6.30. The van der Waals surface area contributed by atoms with E-state index in [-0.39, 0.29) is 11.8 Å². The molecule has 1 N–H and O–H groups in total. The Bertz CT molecular complexity index is 777. The number of hydrogen-bond donors (Lipinski definition) is 1. The summed E-state index contributed by atoms with van der Waals surface area (Å²) in [6.07, 6.45) is 0.806. The smallest absolute Gasteiger partial charge is 0.243 e. The number of rotatable bonds is 9. The molecule has 2 rings (SSSR count). The van der Waals surface area contributed by atoms with Gasteiger partial charge in [0.05, 0.1) is 0 Å². The summed E-state index contributed by atoms with van der Waals surface area (Å²) in [5.41, 5.74) is 1.93. The average Bonchev–Trinajstić information content (AvgIpc) is 2.69. The fourth-order valence-electron chi connectivity index (χ4n) is 3.01. The topological polar surface area (TPSA) is 49.4 Å². The van der Waals surface area contributed by atoms with Crippen molar-refractivity contribution < 1.29 is 9.59 Å². The first-order chi connectivity index (χ1) is 13.4. The second kappa shape index (κ2) is 10.9. The zero-order chi connectivity index (χ0) is 20.5. The second-order valence-corrected chi connectivity index (χ2v) is 7.79. The van der Waals surface area contributed by atoms with Crippen LogP contribution in [0.3, 0.4) is 0 Å². The number of nitrogens with zero attached hydrogens (tertiary/aromatic N) is 1. The monoisotopic (exact) mass is 400 g/mol. The van der Waals surface area contributed by atoms with E-state index in [4.69, 9.17) is 11.6 Å². The number of hydrogen-bond acceptors (Lipinski definition) is 2. The molecule has 0 heterocycles. The zero-order valence-electron chi connectivity index (χ0n) is 16.8. The van der Waals surface area contributed by atoms with Gasteiger partial charge in [-0.3, -0.25) is 9.59 Å². The van der Waals surface area contributed by atoms with Crippen molar-refractivity contribution in [3.05, 3.63) is 70.7 Å². The number of carbonyl (C=O) groups excluding carboxylic acids is 2. The van der Waals surface area contributed by atoms with Crippen LogP contribution in [0.2, 0.25) is 5.02 Å². The van der Waals surface area contributed by atoms with Gasteiger partial charge >= 0.3 is 0 Å². The third-order valence-electron chi connectivity index (χ3n) is 4.50. The number of halogens is 1. The summed E-state index contributed by atoms with van der Waals surface area (Å²) in [7, 11) is 0. The Kier molecular flexibility index (Phi) is 8.52. The van der Waals surface area contributed by atoms with Gasteiger partial charge in [-0.05, 0) is 29.2 Å². The fraction of sp³-hybridized carbons (Fsp3) is 0.391. The van der Waals surface area contributed by atoms with Gasteiger partial charge in [0, 0.05) is 31.0 Å². The van der Waals surface area contributed by atoms with E-state index in [1.54, 1.807) is 11.0 Å². The van der Waals surface area contributed by atoms with Crippen LogP contribution < -0.4 is 5.32 Å². The summed E-state index contributed by atoms with van der Waals surface area (Å²) in [5.74, 6) is 0.159. The standard InChI is InChI=1S/C23H29ClN2O2/c1-4-22(27)26(16-19-11-8-12-20(24)13-19)21(23(28)25-15-17(2)3)14-18-9-6-5-7-10-18/h5-13,17,21H,4,14-16H2,1-3H3,(H,25,28)/t21-/m1/s1. The van der Waals surface area contributed by atoms with Gasteiger partial charge in [0.15, 0.2) is 0 Å². The minimum atomic E-state index is -0.576. The number of amides is 2. The summed E-state index contributed by atoms with van der Waals surface area (Å²) >= 11 is 6.12. The van der Waals surface area contributed by atoms with Crippen LogP contribution in [0.4, 0.5) is 0 Å². The summed E-state index contributed by atoms with van der Waals surface area (Å²) in [4.78, 5) is 27.5. The van der Waals surface area contributed by atoms with Crippen LogP contribution in [0.1, 0.15) is 38.3 Å². The molecule has 5 heteroatoms. The number of benzene rings is 2. The van der Waals surface area contributed by atoms with Crippen LogP contribution in [0, 0.1) is 5.92 Å². The van der Waals surface area contributed by atoms with Gasteiger partial charge in [-0.15, -0.1) is 0 Å². The van der Waals surface area contributed by atoms with E-state index >= 15 is 0 Å². The molecule has 4 nitrogen and oxygen atoms in total. The second-order valence-electron chi connectivity index (χ2n) is 7.35. The van der Waals surface area contributed by atoms with Crippen molar-refractivity contribution >= 4 is 23.4 Å². The Morgan fingerprint density at radius 1 is 1.04 bits per heavy atom. The maximum Gasteiger partial charge on any atom is 0.243 e. The lowest BCUT2D eigenvalue weighted by Crippen LogP contribution is -2.50. The summed E-state index contributed by atoms with van der Waals surface area (Å²) in [5, 5.41) is 3.62. The Labute approximate surface area is 172 Å². The highest BCUT2D eigenvalue weighted by Crippen LogP contribution is 2.18. The minimum Gasteiger partial charge on any atom is -0.354 e. The van der Waals surface area contributed by atoms with Gasteiger partial charge in [0.1, 0.15) is 6.04 Å². The summed E-state index contributed by atoms with van der Waals surface area (Å²) in [6, 6.07) is 16.6. The van der Waals surface area contributed by atoms with Crippen LogP contribution in [0.5, 0.6) is 0 Å². The van der Waals surface area contributed by atoms with Gasteiger partial charge in [-0.2, -0.15) is 0 Å². The van der Waals surface area contributed by atoms with Crippen molar-refractivity contribution in [3.8, 4) is 0 Å². The summed E-state index contributed by atoms with van der Waals surface area (Å²) < 4.78 is 0. The van der Waals surface area contributed by atoms with Gasteiger partial charge in [-0.25, -0.2) is 0 Å². The molecule has 28 heavy (non-hydrogen) atoms. The van der Waals surface area contributed by atoms with Crippen LogP contribution in [-0.4, -0.2) is 29.3 Å². The van der Waals surface area contributed by atoms with Crippen LogP contribution in [0.15, 0.2) is 54.6 Å². The van der Waals surface area contributed by atoms with Crippen molar-refractivity contribution in [3.63, 3.8) is 0 Å². The molecule has 0 spiro atoms. The predicted octanol–water partition coefficient (Wildman–Crippen LogP) is 4.46. The lowest BCUT2D eigenvalue weighted by molar-refractivity contribution is -0.141. The number of carbonyl (C=O) groups is 2. The molecular formula is C23H29ClN2O2.